The molecule has 0 spiro atoms. The average Bonchev–Trinajstić information content (AvgIpc) is 2.80. The third-order valence-corrected chi connectivity index (χ3v) is 3.56. The van der Waals surface area contributed by atoms with Gasteiger partial charge in [0.1, 0.15) is 6.10 Å². The molecular formula is C11H10F3N3OS. The average molecular weight is 289 g/mol. The van der Waals surface area contributed by atoms with Gasteiger partial charge < -0.3 is 5.11 Å². The van der Waals surface area contributed by atoms with E-state index >= 15 is 0 Å². The van der Waals surface area contributed by atoms with E-state index in [0.717, 1.165) is 6.20 Å². The number of nitrogens with zero attached hydrogens (tertiary/aromatic N) is 3. The first-order chi connectivity index (χ1) is 8.79. The van der Waals surface area contributed by atoms with Crippen molar-refractivity contribution in [3.63, 3.8) is 0 Å². The fourth-order valence-corrected chi connectivity index (χ4v) is 2.33. The molecule has 1 unspecified atom stereocenters. The minimum absolute atomic E-state index is 0.128. The van der Waals surface area contributed by atoms with Crippen molar-refractivity contribution in [2.24, 2.45) is 0 Å². The van der Waals surface area contributed by atoms with Crippen LogP contribution in [0.15, 0.2) is 12.3 Å². The molecule has 0 saturated carbocycles. The van der Waals surface area contributed by atoms with Crippen LogP contribution < -0.4 is 0 Å². The molecular weight excluding hydrogens is 279 g/mol. The van der Waals surface area contributed by atoms with E-state index in [9.17, 15) is 18.3 Å². The molecule has 0 saturated heterocycles. The quantitative estimate of drug-likeness (QED) is 0.923. The van der Waals surface area contributed by atoms with Gasteiger partial charge in [-0.25, -0.2) is 4.98 Å². The molecule has 2 heterocycles. The lowest BCUT2D eigenvalue weighted by Crippen LogP contribution is -2.04. The summed E-state index contributed by atoms with van der Waals surface area (Å²) >= 11 is 0.423. The SMILES string of the molecule is Cc1cc(C(O)c2cnc(C(F)(F)F)s2)c(C)nn1. The van der Waals surface area contributed by atoms with Gasteiger partial charge in [0.15, 0.2) is 5.01 Å². The van der Waals surface area contributed by atoms with E-state index in [4.69, 9.17) is 0 Å². The Bertz CT molecular complexity index is 597. The number of aliphatic hydroxyl groups is 1. The number of thiazole rings is 1. The molecule has 102 valence electrons. The van der Waals surface area contributed by atoms with Gasteiger partial charge in [0.05, 0.1) is 16.3 Å². The first-order valence-corrected chi connectivity index (χ1v) is 6.12. The molecule has 2 aromatic rings. The zero-order valence-electron chi connectivity index (χ0n) is 10.1. The van der Waals surface area contributed by atoms with Gasteiger partial charge >= 0.3 is 6.18 Å². The van der Waals surface area contributed by atoms with Gasteiger partial charge in [-0.15, -0.1) is 11.3 Å². The van der Waals surface area contributed by atoms with E-state index in [2.05, 4.69) is 15.2 Å². The van der Waals surface area contributed by atoms with Crippen molar-refractivity contribution in [2.75, 3.05) is 0 Å². The Morgan fingerprint density at radius 1 is 1.26 bits per heavy atom. The monoisotopic (exact) mass is 289 g/mol. The van der Waals surface area contributed by atoms with E-state index in [0.29, 0.717) is 28.3 Å². The summed E-state index contributed by atoms with van der Waals surface area (Å²) in [5, 5.41) is 16.8. The molecule has 0 radical (unpaired) electrons. The number of hydrogen-bond donors (Lipinski definition) is 1. The largest absolute Gasteiger partial charge is 0.443 e. The highest BCUT2D eigenvalue weighted by atomic mass is 32.1. The van der Waals surface area contributed by atoms with Crippen LogP contribution in [0.2, 0.25) is 0 Å². The van der Waals surface area contributed by atoms with Crippen molar-refractivity contribution < 1.29 is 18.3 Å². The topological polar surface area (TPSA) is 58.9 Å². The van der Waals surface area contributed by atoms with Crippen LogP contribution in [0.5, 0.6) is 0 Å². The van der Waals surface area contributed by atoms with Crippen molar-refractivity contribution in [3.05, 3.63) is 39.1 Å². The Morgan fingerprint density at radius 3 is 2.53 bits per heavy atom. The maximum Gasteiger partial charge on any atom is 0.443 e. The Labute approximate surface area is 111 Å². The lowest BCUT2D eigenvalue weighted by molar-refractivity contribution is -0.137. The lowest BCUT2D eigenvalue weighted by Gasteiger charge is -2.11. The number of aliphatic hydroxyl groups excluding tert-OH is 1. The minimum atomic E-state index is -4.50. The van der Waals surface area contributed by atoms with Crippen molar-refractivity contribution >= 4 is 11.3 Å². The van der Waals surface area contributed by atoms with Gasteiger partial charge in [-0.3, -0.25) is 0 Å². The molecule has 4 nitrogen and oxygen atoms in total. The second kappa shape index (κ2) is 4.86. The number of halogens is 3. The van der Waals surface area contributed by atoms with Crippen molar-refractivity contribution in [1.29, 1.82) is 0 Å². The zero-order valence-corrected chi connectivity index (χ0v) is 10.9. The normalized spacial score (nSPS) is 13.6. The lowest BCUT2D eigenvalue weighted by atomic mass is 10.1. The predicted molar refractivity (Wildman–Crippen MR) is 62.7 cm³/mol. The van der Waals surface area contributed by atoms with Crippen LogP contribution in [0.4, 0.5) is 13.2 Å². The summed E-state index contributed by atoms with van der Waals surface area (Å²) in [6.45, 7) is 3.33. The number of rotatable bonds is 2. The maximum absolute atomic E-state index is 12.5. The molecule has 19 heavy (non-hydrogen) atoms. The van der Waals surface area contributed by atoms with Crippen molar-refractivity contribution in [3.8, 4) is 0 Å². The molecule has 2 aromatic heterocycles. The summed E-state index contributed by atoms with van der Waals surface area (Å²) in [4.78, 5) is 3.41. The van der Waals surface area contributed by atoms with Gasteiger partial charge in [-0.1, -0.05) is 0 Å². The second-order valence-electron chi connectivity index (χ2n) is 3.99. The third-order valence-electron chi connectivity index (χ3n) is 2.47. The summed E-state index contributed by atoms with van der Waals surface area (Å²) in [5.41, 5.74) is 1.49. The Balaban J connectivity index is 2.36. The van der Waals surface area contributed by atoms with Gasteiger partial charge in [0.2, 0.25) is 0 Å². The third kappa shape index (κ3) is 2.90. The predicted octanol–water partition coefficient (Wildman–Crippen LogP) is 2.65. The first-order valence-electron chi connectivity index (χ1n) is 5.31. The van der Waals surface area contributed by atoms with Gasteiger partial charge in [-0.05, 0) is 19.9 Å². The molecule has 0 aliphatic rings. The van der Waals surface area contributed by atoms with Crippen LogP contribution in [0.3, 0.4) is 0 Å². The number of alkyl halides is 3. The molecule has 0 fully saturated rings. The van der Waals surface area contributed by atoms with Gasteiger partial charge in [0.25, 0.3) is 0 Å². The molecule has 1 N–H and O–H groups in total. The second-order valence-corrected chi connectivity index (χ2v) is 5.06. The summed E-state index contributed by atoms with van der Waals surface area (Å²) in [7, 11) is 0. The highest BCUT2D eigenvalue weighted by molar-refractivity contribution is 7.11. The van der Waals surface area contributed by atoms with E-state index in [1.165, 1.54) is 0 Å². The first kappa shape index (κ1) is 13.9. The van der Waals surface area contributed by atoms with Crippen molar-refractivity contribution in [2.45, 2.75) is 26.1 Å². The molecule has 0 aliphatic carbocycles. The van der Waals surface area contributed by atoms with E-state index in [1.807, 2.05) is 0 Å². The Hall–Kier alpha value is -1.54. The highest BCUT2D eigenvalue weighted by Gasteiger charge is 2.35. The van der Waals surface area contributed by atoms with Crippen LogP contribution in [-0.2, 0) is 6.18 Å². The standard InChI is InChI=1S/C11H10F3N3OS/c1-5-3-7(6(2)17-16-5)9(18)8-4-15-10(19-8)11(12,13)14/h3-4,9,18H,1-2H3. The maximum atomic E-state index is 12.5. The van der Waals surface area contributed by atoms with E-state index in [1.54, 1.807) is 19.9 Å². The molecule has 1 atom stereocenters. The van der Waals surface area contributed by atoms with Crippen LogP contribution in [0.25, 0.3) is 0 Å². The van der Waals surface area contributed by atoms with Gasteiger partial charge in [0, 0.05) is 11.8 Å². The van der Waals surface area contributed by atoms with E-state index < -0.39 is 17.3 Å². The minimum Gasteiger partial charge on any atom is -0.383 e. The number of aromatic nitrogens is 3. The highest BCUT2D eigenvalue weighted by Crippen LogP contribution is 2.36. The fourth-order valence-electron chi connectivity index (χ4n) is 1.54. The summed E-state index contributed by atoms with van der Waals surface area (Å²) in [5.74, 6) is 0. The smallest absolute Gasteiger partial charge is 0.383 e. The summed E-state index contributed by atoms with van der Waals surface area (Å²) in [6.07, 6.45) is -4.64. The molecule has 0 aliphatic heterocycles. The summed E-state index contributed by atoms with van der Waals surface area (Å²) < 4.78 is 37.4. The molecule has 8 heteroatoms. The Morgan fingerprint density at radius 2 is 1.95 bits per heavy atom. The molecule has 0 amide bonds. The fraction of sp³-hybridized carbons (Fsp3) is 0.364. The van der Waals surface area contributed by atoms with Crippen LogP contribution in [0, 0.1) is 13.8 Å². The number of hydrogen-bond acceptors (Lipinski definition) is 5. The molecule has 0 aromatic carbocycles. The van der Waals surface area contributed by atoms with Crippen LogP contribution in [0.1, 0.15) is 32.9 Å². The summed E-state index contributed by atoms with van der Waals surface area (Å²) in [6, 6.07) is 1.60. The van der Waals surface area contributed by atoms with Gasteiger partial charge in [-0.2, -0.15) is 23.4 Å². The van der Waals surface area contributed by atoms with Crippen LogP contribution >= 0.6 is 11.3 Å². The van der Waals surface area contributed by atoms with E-state index in [-0.39, 0.29) is 4.88 Å². The van der Waals surface area contributed by atoms with Crippen molar-refractivity contribution in [1.82, 2.24) is 15.2 Å². The molecule has 2 rings (SSSR count). The Kier molecular flexibility index (Phi) is 3.55. The zero-order chi connectivity index (χ0) is 14.2. The molecule has 0 bridgehead atoms. The number of aryl methyl sites for hydroxylation is 2. The van der Waals surface area contributed by atoms with Crippen LogP contribution in [-0.4, -0.2) is 20.3 Å².